The number of hydrogen-bond acceptors (Lipinski definition) is 3. The van der Waals surface area contributed by atoms with Gasteiger partial charge in [0.15, 0.2) is 0 Å². The van der Waals surface area contributed by atoms with Crippen molar-refractivity contribution in [3.8, 4) is 0 Å². The molecule has 1 unspecified atom stereocenters. The molecular weight excluding hydrogens is 202 g/mol. The SMILES string of the molecule is CNCC1CCN(CC(=O)NCC(C)C)C1. The van der Waals surface area contributed by atoms with Crippen molar-refractivity contribution in [2.24, 2.45) is 11.8 Å². The molecule has 1 atom stereocenters. The van der Waals surface area contributed by atoms with Crippen LogP contribution in [-0.2, 0) is 4.79 Å². The van der Waals surface area contributed by atoms with E-state index in [1.54, 1.807) is 0 Å². The smallest absolute Gasteiger partial charge is 0.234 e. The molecule has 0 radical (unpaired) electrons. The quantitative estimate of drug-likeness (QED) is 0.686. The summed E-state index contributed by atoms with van der Waals surface area (Å²) in [5, 5.41) is 6.16. The molecule has 0 bridgehead atoms. The van der Waals surface area contributed by atoms with Gasteiger partial charge in [-0.3, -0.25) is 9.69 Å². The Labute approximate surface area is 98.8 Å². The zero-order valence-electron chi connectivity index (χ0n) is 10.8. The Morgan fingerprint density at radius 2 is 2.25 bits per heavy atom. The summed E-state index contributed by atoms with van der Waals surface area (Å²) in [7, 11) is 1.98. The van der Waals surface area contributed by atoms with E-state index in [1.165, 1.54) is 6.42 Å². The summed E-state index contributed by atoms with van der Waals surface area (Å²) in [6.07, 6.45) is 1.21. The van der Waals surface area contributed by atoms with Crippen molar-refractivity contribution in [3.05, 3.63) is 0 Å². The van der Waals surface area contributed by atoms with Crippen LogP contribution < -0.4 is 10.6 Å². The van der Waals surface area contributed by atoms with E-state index in [-0.39, 0.29) is 5.91 Å². The molecule has 1 amide bonds. The van der Waals surface area contributed by atoms with Crippen molar-refractivity contribution in [1.29, 1.82) is 0 Å². The first-order valence-electron chi connectivity index (χ1n) is 6.25. The second-order valence-electron chi connectivity index (χ2n) is 5.15. The summed E-state index contributed by atoms with van der Waals surface area (Å²) in [6, 6.07) is 0. The highest BCUT2D eigenvalue weighted by Crippen LogP contribution is 2.14. The Morgan fingerprint density at radius 3 is 2.88 bits per heavy atom. The van der Waals surface area contributed by atoms with Gasteiger partial charge in [0.1, 0.15) is 0 Å². The minimum absolute atomic E-state index is 0.166. The van der Waals surface area contributed by atoms with Crippen LogP contribution >= 0.6 is 0 Å². The monoisotopic (exact) mass is 227 g/mol. The third kappa shape index (κ3) is 4.94. The van der Waals surface area contributed by atoms with E-state index < -0.39 is 0 Å². The van der Waals surface area contributed by atoms with Gasteiger partial charge in [0.25, 0.3) is 0 Å². The molecular formula is C12H25N3O. The number of amides is 1. The average molecular weight is 227 g/mol. The van der Waals surface area contributed by atoms with Crippen LogP contribution in [0, 0.1) is 11.8 Å². The third-order valence-electron chi connectivity index (χ3n) is 2.94. The first-order valence-corrected chi connectivity index (χ1v) is 6.25. The van der Waals surface area contributed by atoms with Gasteiger partial charge >= 0.3 is 0 Å². The van der Waals surface area contributed by atoms with E-state index in [2.05, 4.69) is 29.4 Å². The molecule has 2 N–H and O–H groups in total. The minimum Gasteiger partial charge on any atom is -0.355 e. The second-order valence-corrected chi connectivity index (χ2v) is 5.15. The fraction of sp³-hybridized carbons (Fsp3) is 0.917. The number of likely N-dealkylation sites (tertiary alicyclic amines) is 1. The van der Waals surface area contributed by atoms with Gasteiger partial charge in [-0.2, -0.15) is 0 Å². The molecule has 0 aliphatic carbocycles. The van der Waals surface area contributed by atoms with Crippen LogP contribution in [0.1, 0.15) is 20.3 Å². The van der Waals surface area contributed by atoms with Gasteiger partial charge in [-0.05, 0) is 38.4 Å². The largest absolute Gasteiger partial charge is 0.355 e. The summed E-state index contributed by atoms with van der Waals surface area (Å²) in [5.41, 5.74) is 0. The molecule has 1 aliphatic rings. The number of carbonyl (C=O) groups excluding carboxylic acids is 1. The van der Waals surface area contributed by atoms with Gasteiger partial charge in [0.05, 0.1) is 6.54 Å². The van der Waals surface area contributed by atoms with Crippen molar-refractivity contribution in [2.45, 2.75) is 20.3 Å². The maximum Gasteiger partial charge on any atom is 0.234 e. The fourth-order valence-corrected chi connectivity index (χ4v) is 2.09. The van der Waals surface area contributed by atoms with Gasteiger partial charge < -0.3 is 10.6 Å². The summed E-state index contributed by atoms with van der Waals surface area (Å²) in [5.74, 6) is 1.40. The normalized spacial score (nSPS) is 21.6. The van der Waals surface area contributed by atoms with E-state index in [4.69, 9.17) is 0 Å². The Hall–Kier alpha value is -0.610. The van der Waals surface area contributed by atoms with Gasteiger partial charge in [0, 0.05) is 13.1 Å². The highest BCUT2D eigenvalue weighted by atomic mass is 16.2. The maximum atomic E-state index is 11.6. The number of nitrogens with zero attached hydrogens (tertiary/aromatic N) is 1. The van der Waals surface area contributed by atoms with E-state index in [0.717, 1.165) is 26.2 Å². The number of carbonyl (C=O) groups is 1. The van der Waals surface area contributed by atoms with Gasteiger partial charge in [0.2, 0.25) is 5.91 Å². The highest BCUT2D eigenvalue weighted by molar-refractivity contribution is 5.78. The van der Waals surface area contributed by atoms with Crippen molar-refractivity contribution in [2.75, 3.05) is 39.8 Å². The molecule has 0 saturated carbocycles. The standard InChI is InChI=1S/C12H25N3O/c1-10(2)6-14-12(16)9-15-5-4-11(8-15)7-13-3/h10-11,13H,4-9H2,1-3H3,(H,14,16). The van der Waals surface area contributed by atoms with Crippen LogP contribution in [0.25, 0.3) is 0 Å². The average Bonchev–Trinajstić information content (AvgIpc) is 2.63. The highest BCUT2D eigenvalue weighted by Gasteiger charge is 2.23. The van der Waals surface area contributed by atoms with E-state index in [1.807, 2.05) is 7.05 Å². The summed E-state index contributed by atoms with van der Waals surface area (Å²) in [4.78, 5) is 13.8. The number of hydrogen-bond donors (Lipinski definition) is 2. The second kappa shape index (κ2) is 6.86. The fourth-order valence-electron chi connectivity index (χ4n) is 2.09. The van der Waals surface area contributed by atoms with Crippen molar-refractivity contribution < 1.29 is 4.79 Å². The lowest BCUT2D eigenvalue weighted by atomic mass is 10.1. The Kier molecular flexibility index (Phi) is 5.77. The lowest BCUT2D eigenvalue weighted by Crippen LogP contribution is -2.38. The van der Waals surface area contributed by atoms with E-state index >= 15 is 0 Å². The van der Waals surface area contributed by atoms with Gasteiger partial charge in [-0.15, -0.1) is 0 Å². The zero-order valence-corrected chi connectivity index (χ0v) is 10.8. The topological polar surface area (TPSA) is 44.4 Å². The molecule has 4 nitrogen and oxygen atoms in total. The van der Waals surface area contributed by atoms with Crippen molar-refractivity contribution in [3.63, 3.8) is 0 Å². The van der Waals surface area contributed by atoms with Gasteiger partial charge in [-0.1, -0.05) is 13.8 Å². The van der Waals surface area contributed by atoms with Crippen LogP contribution in [-0.4, -0.2) is 50.6 Å². The first-order chi connectivity index (χ1) is 7.61. The maximum absolute atomic E-state index is 11.6. The van der Waals surface area contributed by atoms with Gasteiger partial charge in [-0.25, -0.2) is 0 Å². The molecule has 1 heterocycles. The first kappa shape index (κ1) is 13.5. The summed E-state index contributed by atoms with van der Waals surface area (Å²) < 4.78 is 0. The molecule has 0 aromatic carbocycles. The Morgan fingerprint density at radius 1 is 1.50 bits per heavy atom. The Balaban J connectivity index is 2.15. The van der Waals surface area contributed by atoms with Crippen LogP contribution in [0.15, 0.2) is 0 Å². The number of nitrogens with one attached hydrogen (secondary N) is 2. The van der Waals surface area contributed by atoms with E-state index in [9.17, 15) is 4.79 Å². The molecule has 0 aromatic rings. The molecule has 1 fully saturated rings. The number of rotatable bonds is 6. The lowest BCUT2D eigenvalue weighted by Gasteiger charge is -2.16. The van der Waals surface area contributed by atoms with E-state index in [0.29, 0.717) is 18.4 Å². The third-order valence-corrected chi connectivity index (χ3v) is 2.94. The van der Waals surface area contributed by atoms with Crippen LogP contribution in [0.2, 0.25) is 0 Å². The van der Waals surface area contributed by atoms with Crippen molar-refractivity contribution in [1.82, 2.24) is 15.5 Å². The predicted molar refractivity (Wildman–Crippen MR) is 66.3 cm³/mol. The van der Waals surface area contributed by atoms with Crippen LogP contribution in [0.5, 0.6) is 0 Å². The van der Waals surface area contributed by atoms with Crippen LogP contribution in [0.4, 0.5) is 0 Å². The Bertz CT molecular complexity index is 218. The molecule has 0 spiro atoms. The molecule has 94 valence electrons. The molecule has 16 heavy (non-hydrogen) atoms. The summed E-state index contributed by atoms with van der Waals surface area (Å²) >= 11 is 0. The molecule has 1 rings (SSSR count). The minimum atomic E-state index is 0.166. The van der Waals surface area contributed by atoms with Crippen molar-refractivity contribution >= 4 is 5.91 Å². The molecule has 1 aliphatic heterocycles. The lowest BCUT2D eigenvalue weighted by molar-refractivity contribution is -0.122. The van der Waals surface area contributed by atoms with Crippen LogP contribution in [0.3, 0.4) is 0 Å². The predicted octanol–water partition coefficient (Wildman–Crippen LogP) is 0.300. The zero-order chi connectivity index (χ0) is 12.0. The summed E-state index contributed by atoms with van der Waals surface area (Å²) in [6.45, 7) is 8.74. The molecule has 1 saturated heterocycles. The molecule has 4 heteroatoms. The molecule has 0 aromatic heterocycles.